The van der Waals surface area contributed by atoms with E-state index < -0.39 is 0 Å². The summed E-state index contributed by atoms with van der Waals surface area (Å²) >= 11 is 0. The fourth-order valence-electron chi connectivity index (χ4n) is 2.46. The van der Waals surface area contributed by atoms with E-state index >= 15 is 0 Å². The highest BCUT2D eigenvalue weighted by Crippen LogP contribution is 2.34. The summed E-state index contributed by atoms with van der Waals surface area (Å²) in [4.78, 5) is 20.6. The average molecular weight is 348 g/mol. The fourth-order valence-corrected chi connectivity index (χ4v) is 2.46. The molecule has 1 amide bonds. The second-order valence-electron chi connectivity index (χ2n) is 5.80. The zero-order valence-electron chi connectivity index (χ0n) is 14.0. The number of carbonyl (C=O) groups is 1. The maximum atomic E-state index is 12.2. The van der Waals surface area contributed by atoms with E-state index in [1.165, 1.54) is 12.4 Å². The van der Waals surface area contributed by atoms with Crippen LogP contribution < -0.4 is 20.1 Å². The van der Waals surface area contributed by atoms with Crippen LogP contribution in [0.5, 0.6) is 11.5 Å². The van der Waals surface area contributed by atoms with Crippen molar-refractivity contribution < 1.29 is 14.3 Å². The Morgan fingerprint density at radius 2 is 1.73 bits per heavy atom. The van der Waals surface area contributed by atoms with Gasteiger partial charge in [-0.1, -0.05) is 17.7 Å². The Balaban J connectivity index is 1.43. The highest BCUT2D eigenvalue weighted by molar-refractivity contribution is 6.02. The van der Waals surface area contributed by atoms with Crippen molar-refractivity contribution >= 4 is 23.1 Å². The number of rotatable bonds is 4. The van der Waals surface area contributed by atoms with Crippen molar-refractivity contribution in [1.82, 2.24) is 9.97 Å². The van der Waals surface area contributed by atoms with Gasteiger partial charge in [-0.05, 0) is 31.2 Å². The van der Waals surface area contributed by atoms with Crippen LogP contribution in [0.1, 0.15) is 16.1 Å². The first-order valence-corrected chi connectivity index (χ1v) is 8.04. The largest absolute Gasteiger partial charge is 0.454 e. The zero-order chi connectivity index (χ0) is 17.9. The lowest BCUT2D eigenvalue weighted by atomic mass is 10.2. The van der Waals surface area contributed by atoms with Crippen molar-refractivity contribution in [2.45, 2.75) is 6.92 Å². The number of fused-ring (bicyclic) bond motifs is 1. The summed E-state index contributed by atoms with van der Waals surface area (Å²) in [6, 6.07) is 13.0. The van der Waals surface area contributed by atoms with Gasteiger partial charge in [-0.15, -0.1) is 0 Å². The number of ether oxygens (including phenoxy) is 2. The molecule has 2 N–H and O–H groups in total. The number of nitrogens with zero attached hydrogens (tertiary/aromatic N) is 2. The molecule has 3 aromatic rings. The lowest BCUT2D eigenvalue weighted by Gasteiger charge is -2.08. The molecule has 0 bridgehead atoms. The molecule has 7 heteroatoms. The summed E-state index contributed by atoms with van der Waals surface area (Å²) in [5, 5.41) is 5.91. The molecule has 2 heterocycles. The number of benzene rings is 2. The Morgan fingerprint density at radius 1 is 0.962 bits per heavy atom. The van der Waals surface area contributed by atoms with Crippen molar-refractivity contribution in [1.29, 1.82) is 0 Å². The summed E-state index contributed by atoms with van der Waals surface area (Å²) in [6.07, 6.45) is 2.94. The maximum Gasteiger partial charge on any atom is 0.275 e. The molecule has 7 nitrogen and oxygen atoms in total. The molecule has 0 atom stereocenters. The number of nitrogens with one attached hydrogen (secondary N) is 2. The number of carbonyl (C=O) groups excluding carboxylic acids is 1. The number of hydrogen-bond donors (Lipinski definition) is 2. The summed E-state index contributed by atoms with van der Waals surface area (Å²) in [7, 11) is 0. The predicted molar refractivity (Wildman–Crippen MR) is 97.0 cm³/mol. The van der Waals surface area contributed by atoms with Crippen LogP contribution in [-0.4, -0.2) is 22.7 Å². The molecule has 0 aliphatic carbocycles. The summed E-state index contributed by atoms with van der Waals surface area (Å²) in [5.74, 6) is 1.61. The SMILES string of the molecule is Cc1ccc(NC(=O)c2cnc(Nc3ccc4c(c3)OCO4)cn2)cc1. The molecule has 130 valence electrons. The van der Waals surface area contributed by atoms with Gasteiger partial charge in [0.15, 0.2) is 11.5 Å². The Bertz CT molecular complexity index is 940. The van der Waals surface area contributed by atoms with Gasteiger partial charge in [-0.25, -0.2) is 9.97 Å². The van der Waals surface area contributed by atoms with Crippen molar-refractivity contribution in [3.63, 3.8) is 0 Å². The number of anilines is 3. The Hall–Kier alpha value is -3.61. The van der Waals surface area contributed by atoms with Crippen molar-refractivity contribution in [3.8, 4) is 11.5 Å². The van der Waals surface area contributed by atoms with E-state index in [1.54, 1.807) is 0 Å². The van der Waals surface area contributed by atoms with E-state index in [1.807, 2.05) is 49.4 Å². The van der Waals surface area contributed by atoms with E-state index in [0.29, 0.717) is 23.0 Å². The van der Waals surface area contributed by atoms with Gasteiger partial charge in [-0.2, -0.15) is 0 Å². The van der Waals surface area contributed by atoms with Crippen LogP contribution in [-0.2, 0) is 0 Å². The molecule has 1 aliphatic rings. The van der Waals surface area contributed by atoms with E-state index in [9.17, 15) is 4.79 Å². The maximum absolute atomic E-state index is 12.2. The normalized spacial score (nSPS) is 11.9. The van der Waals surface area contributed by atoms with Crippen LogP contribution in [0.4, 0.5) is 17.2 Å². The molecule has 0 spiro atoms. The molecule has 26 heavy (non-hydrogen) atoms. The second-order valence-corrected chi connectivity index (χ2v) is 5.80. The number of aryl methyl sites for hydroxylation is 1. The van der Waals surface area contributed by atoms with Gasteiger partial charge in [0.05, 0.1) is 12.4 Å². The van der Waals surface area contributed by atoms with Crippen molar-refractivity contribution in [2.24, 2.45) is 0 Å². The van der Waals surface area contributed by atoms with Gasteiger partial charge in [0.25, 0.3) is 5.91 Å². The molecular formula is C19H16N4O3. The van der Waals surface area contributed by atoms with Gasteiger partial charge in [-0.3, -0.25) is 4.79 Å². The molecule has 0 saturated carbocycles. The highest BCUT2D eigenvalue weighted by Gasteiger charge is 2.14. The minimum Gasteiger partial charge on any atom is -0.454 e. The Morgan fingerprint density at radius 3 is 2.50 bits per heavy atom. The Labute approximate surface area is 150 Å². The van der Waals surface area contributed by atoms with E-state index in [2.05, 4.69) is 20.6 Å². The average Bonchev–Trinajstić information content (AvgIpc) is 3.12. The Kier molecular flexibility index (Phi) is 4.10. The van der Waals surface area contributed by atoms with Gasteiger partial charge in [0, 0.05) is 17.4 Å². The van der Waals surface area contributed by atoms with Gasteiger partial charge < -0.3 is 20.1 Å². The number of aromatic nitrogens is 2. The fraction of sp³-hybridized carbons (Fsp3) is 0.105. The van der Waals surface area contributed by atoms with Gasteiger partial charge >= 0.3 is 0 Å². The highest BCUT2D eigenvalue weighted by atomic mass is 16.7. The minimum atomic E-state index is -0.309. The van der Waals surface area contributed by atoms with Crippen LogP contribution in [0.3, 0.4) is 0 Å². The topological polar surface area (TPSA) is 85.4 Å². The zero-order valence-corrected chi connectivity index (χ0v) is 14.0. The summed E-state index contributed by atoms with van der Waals surface area (Å²) < 4.78 is 10.6. The first kappa shape index (κ1) is 15.9. The third kappa shape index (κ3) is 3.41. The molecule has 0 saturated heterocycles. The van der Waals surface area contributed by atoms with Gasteiger partial charge in [0.2, 0.25) is 6.79 Å². The van der Waals surface area contributed by atoms with Gasteiger partial charge in [0.1, 0.15) is 11.5 Å². The molecule has 2 aromatic carbocycles. The minimum absolute atomic E-state index is 0.226. The van der Waals surface area contributed by atoms with Crippen LogP contribution in [0.2, 0.25) is 0 Å². The quantitative estimate of drug-likeness (QED) is 0.750. The number of hydrogen-bond acceptors (Lipinski definition) is 6. The van der Waals surface area contributed by atoms with Crippen molar-refractivity contribution in [3.05, 3.63) is 66.1 Å². The van der Waals surface area contributed by atoms with Crippen molar-refractivity contribution in [2.75, 3.05) is 17.4 Å². The molecular weight excluding hydrogens is 332 g/mol. The third-order valence-electron chi connectivity index (χ3n) is 3.84. The molecule has 1 aromatic heterocycles. The summed E-state index contributed by atoms with van der Waals surface area (Å²) in [5.41, 5.74) is 2.87. The summed E-state index contributed by atoms with van der Waals surface area (Å²) in [6.45, 7) is 2.21. The predicted octanol–water partition coefficient (Wildman–Crippen LogP) is 3.51. The lowest BCUT2D eigenvalue weighted by Crippen LogP contribution is -2.14. The third-order valence-corrected chi connectivity index (χ3v) is 3.84. The van der Waals surface area contributed by atoms with Crippen LogP contribution in [0.15, 0.2) is 54.9 Å². The van der Waals surface area contributed by atoms with E-state index in [-0.39, 0.29) is 18.4 Å². The van der Waals surface area contributed by atoms with E-state index in [4.69, 9.17) is 9.47 Å². The van der Waals surface area contributed by atoms with Crippen LogP contribution in [0, 0.1) is 6.92 Å². The molecule has 4 rings (SSSR count). The lowest BCUT2D eigenvalue weighted by molar-refractivity contribution is 0.102. The standard InChI is InChI=1S/C19H16N4O3/c1-12-2-4-13(5-3-12)23-19(24)15-9-21-18(10-20-15)22-14-6-7-16-17(8-14)26-11-25-16/h2-10H,11H2,1H3,(H,21,22)(H,23,24). The number of amides is 1. The molecule has 1 aliphatic heterocycles. The first-order chi connectivity index (χ1) is 12.7. The van der Waals surface area contributed by atoms with Crippen LogP contribution >= 0.6 is 0 Å². The smallest absolute Gasteiger partial charge is 0.275 e. The molecule has 0 fully saturated rings. The van der Waals surface area contributed by atoms with Crippen LogP contribution in [0.25, 0.3) is 0 Å². The first-order valence-electron chi connectivity index (χ1n) is 8.04. The monoisotopic (exact) mass is 348 g/mol. The molecule has 0 unspecified atom stereocenters. The second kappa shape index (κ2) is 6.72. The molecule has 0 radical (unpaired) electrons. The van der Waals surface area contributed by atoms with E-state index in [0.717, 1.165) is 11.3 Å².